The molecular formula is C33H42F3NO3. The first-order valence-corrected chi connectivity index (χ1v) is 14.5. The van der Waals surface area contributed by atoms with E-state index >= 15 is 0 Å². The maximum atomic E-state index is 12.9. The Labute approximate surface area is 236 Å². The van der Waals surface area contributed by atoms with Crippen molar-refractivity contribution in [1.29, 1.82) is 0 Å². The largest absolute Gasteiger partial charge is 0.493 e. The Hall–Kier alpha value is -3.06. The van der Waals surface area contributed by atoms with Crippen LogP contribution < -0.4 is 4.74 Å². The number of hydroxylamine groups is 2. The SMILES string of the molecule is CCCCCCCCCCCCOc1ccc(CN(Cc2ccc(C(F)(F)F)cc2)OC(C)=O)c2ccccc12. The van der Waals surface area contributed by atoms with Crippen molar-refractivity contribution in [3.05, 3.63) is 77.4 Å². The van der Waals surface area contributed by atoms with E-state index in [1.54, 1.807) is 0 Å². The number of carbonyl (C=O) groups excluding carboxylic acids is 1. The van der Waals surface area contributed by atoms with Crippen LogP contribution in [0.15, 0.2) is 60.7 Å². The first kappa shape index (κ1) is 31.5. The van der Waals surface area contributed by atoms with Gasteiger partial charge in [0.2, 0.25) is 0 Å². The van der Waals surface area contributed by atoms with Crippen molar-refractivity contribution in [3.63, 3.8) is 0 Å². The molecule has 0 spiro atoms. The summed E-state index contributed by atoms with van der Waals surface area (Å²) in [5.41, 5.74) is 0.819. The zero-order valence-electron chi connectivity index (χ0n) is 23.8. The highest BCUT2D eigenvalue weighted by Gasteiger charge is 2.30. The van der Waals surface area contributed by atoms with E-state index in [0.717, 1.165) is 47.1 Å². The number of fused-ring (bicyclic) bond motifs is 1. The minimum Gasteiger partial charge on any atom is -0.493 e. The lowest BCUT2D eigenvalue weighted by molar-refractivity contribution is -0.194. The van der Waals surface area contributed by atoms with Crippen LogP contribution >= 0.6 is 0 Å². The summed E-state index contributed by atoms with van der Waals surface area (Å²) in [5, 5.41) is 3.42. The van der Waals surface area contributed by atoms with Crippen LogP contribution in [0.25, 0.3) is 10.8 Å². The Bertz CT molecular complexity index is 1180. The maximum Gasteiger partial charge on any atom is 0.416 e. The number of rotatable bonds is 17. The lowest BCUT2D eigenvalue weighted by Crippen LogP contribution is -2.25. The van der Waals surface area contributed by atoms with Crippen LogP contribution in [0.1, 0.15) is 94.7 Å². The number of carbonyl (C=O) groups is 1. The maximum absolute atomic E-state index is 12.9. The summed E-state index contributed by atoms with van der Waals surface area (Å²) in [4.78, 5) is 17.2. The molecule has 0 aliphatic carbocycles. The average Bonchev–Trinajstić information content (AvgIpc) is 2.92. The summed E-state index contributed by atoms with van der Waals surface area (Å²) in [6.45, 7) is 4.65. The molecule has 0 aromatic heterocycles. The molecule has 3 aromatic rings. The van der Waals surface area contributed by atoms with Gasteiger partial charge in [-0.05, 0) is 41.1 Å². The Kier molecular flexibility index (Phi) is 12.8. The summed E-state index contributed by atoms with van der Waals surface area (Å²) < 4.78 is 45.0. The standard InChI is InChI=1S/C33H42F3NO3/c1-3-4-5-6-7-8-9-10-11-14-23-39-32-22-19-28(30-15-12-13-16-31(30)32)25-37(40-26(2)38)24-27-17-20-29(21-18-27)33(34,35)36/h12-13,15-22H,3-11,14,23-25H2,1-2H3. The second-order valence-corrected chi connectivity index (χ2v) is 10.4. The smallest absolute Gasteiger partial charge is 0.416 e. The second kappa shape index (κ2) is 16.3. The van der Waals surface area contributed by atoms with E-state index < -0.39 is 17.7 Å². The predicted octanol–water partition coefficient (Wildman–Crippen LogP) is 9.64. The van der Waals surface area contributed by atoms with Crippen LogP contribution in [0.3, 0.4) is 0 Å². The third-order valence-electron chi connectivity index (χ3n) is 6.97. The minimum atomic E-state index is -4.40. The highest BCUT2D eigenvalue weighted by Crippen LogP contribution is 2.31. The van der Waals surface area contributed by atoms with Crippen molar-refractivity contribution >= 4 is 16.7 Å². The number of hydrogen-bond donors (Lipinski definition) is 0. The number of nitrogens with zero attached hydrogens (tertiary/aromatic N) is 1. The van der Waals surface area contributed by atoms with Gasteiger partial charge in [-0.3, -0.25) is 4.79 Å². The fourth-order valence-electron chi connectivity index (χ4n) is 4.86. The van der Waals surface area contributed by atoms with Gasteiger partial charge in [-0.25, -0.2) is 0 Å². The van der Waals surface area contributed by atoms with Crippen LogP contribution in [-0.4, -0.2) is 17.6 Å². The van der Waals surface area contributed by atoms with E-state index in [1.807, 2.05) is 36.4 Å². The predicted molar refractivity (Wildman–Crippen MR) is 154 cm³/mol. The van der Waals surface area contributed by atoms with E-state index in [1.165, 1.54) is 75.5 Å². The molecule has 0 atom stereocenters. The van der Waals surface area contributed by atoms with Gasteiger partial charge in [-0.1, -0.05) is 107 Å². The highest BCUT2D eigenvalue weighted by atomic mass is 19.4. The zero-order valence-corrected chi connectivity index (χ0v) is 23.8. The summed E-state index contributed by atoms with van der Waals surface area (Å²) >= 11 is 0. The first-order chi connectivity index (χ1) is 19.3. The molecule has 3 aromatic carbocycles. The van der Waals surface area contributed by atoms with E-state index in [0.29, 0.717) is 12.2 Å². The van der Waals surface area contributed by atoms with Gasteiger partial charge in [0.15, 0.2) is 0 Å². The molecule has 0 bridgehead atoms. The number of ether oxygens (including phenoxy) is 1. The lowest BCUT2D eigenvalue weighted by atomic mass is 10.0. The van der Waals surface area contributed by atoms with Crippen molar-refractivity contribution in [3.8, 4) is 5.75 Å². The van der Waals surface area contributed by atoms with Gasteiger partial charge in [-0.15, -0.1) is 5.06 Å². The van der Waals surface area contributed by atoms with Gasteiger partial charge in [-0.2, -0.15) is 13.2 Å². The number of unbranched alkanes of at least 4 members (excludes halogenated alkanes) is 9. The third-order valence-corrected chi connectivity index (χ3v) is 6.97. The van der Waals surface area contributed by atoms with E-state index in [9.17, 15) is 18.0 Å². The number of alkyl halides is 3. The average molecular weight is 558 g/mol. The molecule has 0 fully saturated rings. The van der Waals surface area contributed by atoms with Gasteiger partial charge >= 0.3 is 12.1 Å². The fourth-order valence-corrected chi connectivity index (χ4v) is 4.86. The van der Waals surface area contributed by atoms with Crippen LogP contribution in [0.4, 0.5) is 13.2 Å². The lowest BCUT2D eigenvalue weighted by Gasteiger charge is -2.22. The number of hydrogen-bond acceptors (Lipinski definition) is 4. The first-order valence-electron chi connectivity index (χ1n) is 14.5. The molecule has 0 aliphatic rings. The molecule has 0 heterocycles. The second-order valence-electron chi connectivity index (χ2n) is 10.4. The van der Waals surface area contributed by atoms with Crippen LogP contribution in [0.2, 0.25) is 0 Å². The third kappa shape index (κ3) is 10.5. The topological polar surface area (TPSA) is 38.8 Å². The summed E-state index contributed by atoms with van der Waals surface area (Å²) in [7, 11) is 0. The van der Waals surface area contributed by atoms with Crippen molar-refractivity contribution in [1.82, 2.24) is 5.06 Å². The van der Waals surface area contributed by atoms with Gasteiger partial charge in [0.1, 0.15) is 5.75 Å². The number of benzene rings is 3. The molecule has 0 saturated heterocycles. The molecule has 3 rings (SSSR count). The zero-order chi connectivity index (χ0) is 28.8. The van der Waals surface area contributed by atoms with Crippen molar-refractivity contribution in [2.75, 3.05) is 6.61 Å². The molecule has 0 unspecified atom stereocenters. The summed E-state index contributed by atoms with van der Waals surface area (Å²) in [6, 6.07) is 16.7. The summed E-state index contributed by atoms with van der Waals surface area (Å²) in [5.74, 6) is 0.324. The highest BCUT2D eigenvalue weighted by molar-refractivity contribution is 5.91. The van der Waals surface area contributed by atoms with Gasteiger partial charge in [0.05, 0.1) is 25.3 Å². The molecular weight excluding hydrogens is 515 g/mol. The van der Waals surface area contributed by atoms with Gasteiger partial charge in [0, 0.05) is 12.3 Å². The summed E-state index contributed by atoms with van der Waals surface area (Å²) in [6.07, 6.45) is 8.31. The molecule has 0 amide bonds. The quantitative estimate of drug-likeness (QED) is 0.122. The Morgan fingerprint density at radius 1 is 0.750 bits per heavy atom. The van der Waals surface area contributed by atoms with Gasteiger partial charge < -0.3 is 9.57 Å². The fraction of sp³-hybridized carbons (Fsp3) is 0.485. The monoisotopic (exact) mass is 557 g/mol. The Morgan fingerprint density at radius 2 is 1.35 bits per heavy atom. The Morgan fingerprint density at radius 3 is 1.95 bits per heavy atom. The molecule has 0 radical (unpaired) electrons. The van der Waals surface area contributed by atoms with Crippen LogP contribution in [0.5, 0.6) is 5.75 Å². The molecule has 40 heavy (non-hydrogen) atoms. The van der Waals surface area contributed by atoms with Crippen LogP contribution in [0, 0.1) is 0 Å². The molecule has 218 valence electrons. The van der Waals surface area contributed by atoms with E-state index in [4.69, 9.17) is 9.57 Å². The molecule has 0 N–H and O–H groups in total. The number of halogens is 3. The molecule has 0 saturated carbocycles. The van der Waals surface area contributed by atoms with E-state index in [-0.39, 0.29) is 13.1 Å². The van der Waals surface area contributed by atoms with Gasteiger partial charge in [0.25, 0.3) is 0 Å². The van der Waals surface area contributed by atoms with E-state index in [2.05, 4.69) is 6.92 Å². The molecule has 4 nitrogen and oxygen atoms in total. The Balaban J connectivity index is 1.57. The molecule has 0 aliphatic heterocycles. The van der Waals surface area contributed by atoms with Crippen molar-refractivity contribution < 1.29 is 27.5 Å². The normalized spacial score (nSPS) is 11.8. The van der Waals surface area contributed by atoms with Crippen molar-refractivity contribution in [2.45, 2.75) is 97.3 Å². The van der Waals surface area contributed by atoms with Crippen LogP contribution in [-0.2, 0) is 28.9 Å². The minimum absolute atomic E-state index is 0.156. The van der Waals surface area contributed by atoms with Crippen molar-refractivity contribution in [2.24, 2.45) is 0 Å². The molecule has 7 heteroatoms.